The number of hydrogen-bond donors (Lipinski definition) is 1. The Hall–Kier alpha value is -1.73. The molecule has 16 heavy (non-hydrogen) atoms. The van der Waals surface area contributed by atoms with E-state index in [2.05, 4.69) is 4.74 Å². The standard InChI is InChI=1S/C9H6O6S/c1-4-2-5-6(9(11)15-8(5)10)3-7(4)16(12,13)14/h2-3H,1H3,(H,12,13,14). The predicted molar refractivity (Wildman–Crippen MR) is 50.7 cm³/mol. The zero-order valence-corrected chi connectivity index (χ0v) is 8.87. The zero-order chi connectivity index (χ0) is 12.1. The smallest absolute Gasteiger partial charge is 0.346 e. The summed E-state index contributed by atoms with van der Waals surface area (Å²) in [5.74, 6) is -1.73. The third-order valence-corrected chi connectivity index (χ3v) is 3.21. The average Bonchev–Trinajstić information content (AvgIpc) is 2.39. The molecule has 1 aliphatic heterocycles. The van der Waals surface area contributed by atoms with E-state index in [0.29, 0.717) is 0 Å². The van der Waals surface area contributed by atoms with Gasteiger partial charge in [0.15, 0.2) is 0 Å². The molecule has 0 unspecified atom stereocenters. The minimum Gasteiger partial charge on any atom is -0.386 e. The first-order valence-corrected chi connectivity index (χ1v) is 5.63. The molecule has 1 N–H and O–H groups in total. The lowest BCUT2D eigenvalue weighted by Gasteiger charge is -2.02. The zero-order valence-electron chi connectivity index (χ0n) is 8.05. The van der Waals surface area contributed by atoms with Crippen LogP contribution >= 0.6 is 0 Å². The van der Waals surface area contributed by atoms with Crippen molar-refractivity contribution in [2.45, 2.75) is 11.8 Å². The largest absolute Gasteiger partial charge is 0.386 e. The Labute approximate surface area is 90.6 Å². The van der Waals surface area contributed by atoms with Crippen molar-refractivity contribution in [2.24, 2.45) is 0 Å². The van der Waals surface area contributed by atoms with E-state index in [1.165, 1.54) is 13.0 Å². The first-order chi connectivity index (χ1) is 7.30. The summed E-state index contributed by atoms with van der Waals surface area (Å²) in [5.41, 5.74) is 0.0334. The van der Waals surface area contributed by atoms with Gasteiger partial charge in [-0.15, -0.1) is 0 Å². The van der Waals surface area contributed by atoms with E-state index in [9.17, 15) is 18.0 Å². The van der Waals surface area contributed by atoms with Gasteiger partial charge in [-0.05, 0) is 24.6 Å². The van der Waals surface area contributed by atoms with Crippen molar-refractivity contribution >= 4 is 22.1 Å². The molecule has 0 spiro atoms. The Morgan fingerprint density at radius 2 is 1.62 bits per heavy atom. The number of fused-ring (bicyclic) bond motifs is 1. The molecule has 1 heterocycles. The minimum atomic E-state index is -4.42. The second-order valence-corrected chi connectivity index (χ2v) is 4.71. The fraction of sp³-hybridized carbons (Fsp3) is 0.111. The molecule has 1 aromatic carbocycles. The highest BCUT2D eigenvalue weighted by Gasteiger charge is 2.32. The van der Waals surface area contributed by atoms with Crippen LogP contribution in [-0.4, -0.2) is 24.9 Å². The summed E-state index contributed by atoms with van der Waals surface area (Å²) in [6, 6.07) is 2.14. The van der Waals surface area contributed by atoms with E-state index in [1.807, 2.05) is 0 Å². The van der Waals surface area contributed by atoms with Crippen LogP contribution in [-0.2, 0) is 14.9 Å². The van der Waals surface area contributed by atoms with Crippen molar-refractivity contribution < 1.29 is 27.3 Å². The van der Waals surface area contributed by atoms with Crippen LogP contribution in [0, 0.1) is 6.92 Å². The topological polar surface area (TPSA) is 97.7 Å². The first kappa shape index (κ1) is 10.8. The molecule has 0 saturated carbocycles. The van der Waals surface area contributed by atoms with Crippen molar-refractivity contribution in [3.8, 4) is 0 Å². The Morgan fingerprint density at radius 1 is 1.12 bits per heavy atom. The van der Waals surface area contributed by atoms with Gasteiger partial charge in [-0.2, -0.15) is 8.42 Å². The number of aryl methyl sites for hydroxylation is 1. The van der Waals surface area contributed by atoms with Crippen LogP contribution in [0.15, 0.2) is 17.0 Å². The number of carbonyl (C=O) groups excluding carboxylic acids is 2. The Balaban J connectivity index is 2.77. The van der Waals surface area contributed by atoms with Crippen LogP contribution in [0.4, 0.5) is 0 Å². The Bertz CT molecular complexity index is 613. The summed E-state index contributed by atoms with van der Waals surface area (Å²) >= 11 is 0. The van der Waals surface area contributed by atoms with Crippen LogP contribution in [0.2, 0.25) is 0 Å². The molecule has 0 fully saturated rings. The molecule has 0 radical (unpaired) electrons. The van der Waals surface area contributed by atoms with Gasteiger partial charge in [0.25, 0.3) is 10.1 Å². The van der Waals surface area contributed by atoms with Crippen LogP contribution in [0.1, 0.15) is 26.3 Å². The first-order valence-electron chi connectivity index (χ1n) is 4.19. The monoisotopic (exact) mass is 242 g/mol. The maximum absolute atomic E-state index is 11.1. The maximum atomic E-state index is 11.1. The van der Waals surface area contributed by atoms with Gasteiger partial charge in [0, 0.05) is 0 Å². The van der Waals surface area contributed by atoms with Gasteiger partial charge in [-0.25, -0.2) is 9.59 Å². The molecule has 0 atom stereocenters. The van der Waals surface area contributed by atoms with Gasteiger partial charge in [0.1, 0.15) is 0 Å². The fourth-order valence-corrected chi connectivity index (χ4v) is 2.23. The average molecular weight is 242 g/mol. The second-order valence-electron chi connectivity index (χ2n) is 3.32. The van der Waals surface area contributed by atoms with E-state index >= 15 is 0 Å². The molecule has 2 rings (SSSR count). The van der Waals surface area contributed by atoms with E-state index < -0.39 is 27.0 Å². The molecular formula is C9H6O6S. The second kappa shape index (κ2) is 3.13. The van der Waals surface area contributed by atoms with Gasteiger partial charge >= 0.3 is 11.9 Å². The summed E-state index contributed by atoms with van der Waals surface area (Å²) in [4.78, 5) is 21.9. The van der Waals surface area contributed by atoms with Gasteiger partial charge < -0.3 is 4.74 Å². The summed E-state index contributed by atoms with van der Waals surface area (Å²) in [7, 11) is -4.42. The normalized spacial score (nSPS) is 14.9. The number of esters is 2. The summed E-state index contributed by atoms with van der Waals surface area (Å²) < 4.78 is 35.1. The van der Waals surface area contributed by atoms with Crippen molar-refractivity contribution in [1.29, 1.82) is 0 Å². The van der Waals surface area contributed by atoms with Gasteiger partial charge in [0.2, 0.25) is 0 Å². The molecule has 84 valence electrons. The third kappa shape index (κ3) is 1.50. The quantitative estimate of drug-likeness (QED) is 0.438. The number of benzene rings is 1. The summed E-state index contributed by atoms with van der Waals surface area (Å²) in [6.07, 6.45) is 0. The Kier molecular flexibility index (Phi) is 2.11. The van der Waals surface area contributed by atoms with Crippen molar-refractivity contribution in [1.82, 2.24) is 0 Å². The molecule has 7 heteroatoms. The molecule has 0 aliphatic carbocycles. The van der Waals surface area contributed by atoms with E-state index in [1.54, 1.807) is 0 Å². The lowest BCUT2D eigenvalue weighted by molar-refractivity contribution is 0.0443. The molecule has 1 aromatic rings. The maximum Gasteiger partial charge on any atom is 0.346 e. The van der Waals surface area contributed by atoms with Crippen LogP contribution < -0.4 is 0 Å². The molecule has 0 amide bonds. The molecular weight excluding hydrogens is 236 g/mol. The van der Waals surface area contributed by atoms with Crippen molar-refractivity contribution in [2.75, 3.05) is 0 Å². The molecule has 0 aromatic heterocycles. The summed E-state index contributed by atoms with van der Waals surface area (Å²) in [5, 5.41) is 0. The summed E-state index contributed by atoms with van der Waals surface area (Å²) in [6.45, 7) is 1.40. The molecule has 1 aliphatic rings. The van der Waals surface area contributed by atoms with Crippen LogP contribution in [0.3, 0.4) is 0 Å². The minimum absolute atomic E-state index is 0.00917. The third-order valence-electron chi connectivity index (χ3n) is 2.22. The van der Waals surface area contributed by atoms with Gasteiger partial charge in [-0.1, -0.05) is 0 Å². The molecule has 0 bridgehead atoms. The van der Waals surface area contributed by atoms with Crippen molar-refractivity contribution in [3.05, 3.63) is 28.8 Å². The lowest BCUT2D eigenvalue weighted by Crippen LogP contribution is -2.04. The number of rotatable bonds is 1. The fourth-order valence-electron chi connectivity index (χ4n) is 1.50. The van der Waals surface area contributed by atoms with Gasteiger partial charge in [-0.3, -0.25) is 4.55 Å². The lowest BCUT2D eigenvalue weighted by atomic mass is 10.1. The SMILES string of the molecule is Cc1cc2c(cc1S(=O)(=O)O)C(=O)OC2=O. The van der Waals surface area contributed by atoms with Crippen molar-refractivity contribution in [3.63, 3.8) is 0 Å². The highest BCUT2D eigenvalue weighted by atomic mass is 32.2. The number of ether oxygens (including phenoxy) is 1. The van der Waals surface area contributed by atoms with Crippen LogP contribution in [0.5, 0.6) is 0 Å². The van der Waals surface area contributed by atoms with E-state index in [-0.39, 0.29) is 16.7 Å². The predicted octanol–water partition coefficient (Wildman–Crippen LogP) is 0.552. The highest BCUT2D eigenvalue weighted by molar-refractivity contribution is 7.85. The Morgan fingerprint density at radius 3 is 2.12 bits per heavy atom. The molecule has 0 saturated heterocycles. The number of cyclic esters (lactones) is 2. The van der Waals surface area contributed by atoms with E-state index in [4.69, 9.17) is 4.55 Å². The van der Waals surface area contributed by atoms with E-state index in [0.717, 1.165) is 6.07 Å². The number of hydrogen-bond acceptors (Lipinski definition) is 5. The van der Waals surface area contributed by atoms with Crippen LogP contribution in [0.25, 0.3) is 0 Å². The molecule has 6 nitrogen and oxygen atoms in total. The highest BCUT2D eigenvalue weighted by Crippen LogP contribution is 2.26. The number of carbonyl (C=O) groups is 2. The van der Waals surface area contributed by atoms with Gasteiger partial charge in [0.05, 0.1) is 16.0 Å².